The van der Waals surface area contributed by atoms with Crippen LogP contribution in [0.15, 0.2) is 12.2 Å². The third-order valence-corrected chi connectivity index (χ3v) is 4.29. The summed E-state index contributed by atoms with van der Waals surface area (Å²) in [6, 6.07) is 0. The van der Waals surface area contributed by atoms with Gasteiger partial charge in [0.1, 0.15) is 5.78 Å². The molecule has 0 aromatic heterocycles. The van der Waals surface area contributed by atoms with Gasteiger partial charge in [0.05, 0.1) is 0 Å². The van der Waals surface area contributed by atoms with Crippen molar-refractivity contribution in [2.75, 3.05) is 0 Å². The molecule has 1 nitrogen and oxygen atoms in total. The van der Waals surface area contributed by atoms with Crippen molar-refractivity contribution >= 4 is 5.78 Å². The molecule has 130 valence electrons. The van der Waals surface area contributed by atoms with Crippen LogP contribution in [0, 0.1) is 0 Å². The van der Waals surface area contributed by atoms with E-state index in [-0.39, 0.29) is 0 Å². The largest absolute Gasteiger partial charge is 0.300 e. The molecule has 0 N–H and O–H groups in total. The van der Waals surface area contributed by atoms with Crippen molar-refractivity contribution in [3.63, 3.8) is 0 Å². The Labute approximate surface area is 140 Å². The van der Waals surface area contributed by atoms with Gasteiger partial charge in [-0.05, 0) is 39.0 Å². The molecule has 0 unspecified atom stereocenters. The highest BCUT2D eigenvalue weighted by Gasteiger charge is 1.94. The van der Waals surface area contributed by atoms with Crippen LogP contribution in [0.1, 0.15) is 117 Å². The Bertz CT molecular complexity index is 255. The second kappa shape index (κ2) is 18.5. The number of hydrogen-bond acceptors (Lipinski definition) is 1. The summed E-state index contributed by atoms with van der Waals surface area (Å²) in [6.07, 6.45) is 25.6. The molecule has 0 radical (unpaired) electrons. The van der Waals surface area contributed by atoms with Gasteiger partial charge in [0.2, 0.25) is 0 Å². The van der Waals surface area contributed by atoms with Crippen LogP contribution in [0.4, 0.5) is 0 Å². The fraction of sp³-hybridized carbons (Fsp3) is 0.857. The van der Waals surface area contributed by atoms with Crippen molar-refractivity contribution in [1.29, 1.82) is 0 Å². The number of ketones is 1. The predicted octanol–water partition coefficient (Wildman–Crippen LogP) is 7.39. The van der Waals surface area contributed by atoms with Crippen molar-refractivity contribution in [2.45, 2.75) is 117 Å². The van der Waals surface area contributed by atoms with Crippen LogP contribution in [0.3, 0.4) is 0 Å². The van der Waals surface area contributed by atoms with E-state index in [4.69, 9.17) is 0 Å². The number of rotatable bonds is 17. The summed E-state index contributed by atoms with van der Waals surface area (Å²) in [5.74, 6) is 0.341. The van der Waals surface area contributed by atoms with Crippen LogP contribution in [0.5, 0.6) is 0 Å². The zero-order valence-corrected chi connectivity index (χ0v) is 15.4. The van der Waals surface area contributed by atoms with Crippen LogP contribution in [0.2, 0.25) is 0 Å². The maximum Gasteiger partial charge on any atom is 0.129 e. The van der Waals surface area contributed by atoms with Crippen LogP contribution in [-0.4, -0.2) is 5.78 Å². The third-order valence-electron chi connectivity index (χ3n) is 4.29. The first-order valence-electron chi connectivity index (χ1n) is 9.91. The zero-order chi connectivity index (χ0) is 16.3. The fourth-order valence-corrected chi connectivity index (χ4v) is 2.80. The molecule has 0 saturated carbocycles. The second-order valence-corrected chi connectivity index (χ2v) is 6.74. The standard InChI is InChI=1S/C21H40O/c1-3-4-5-6-7-8-9-10-11-12-13-14-15-16-17-18-19-20-21(2)22/h10-11H,3-9,12-20H2,1-2H3. The molecule has 0 fully saturated rings. The monoisotopic (exact) mass is 308 g/mol. The summed E-state index contributed by atoms with van der Waals surface area (Å²) >= 11 is 0. The maximum atomic E-state index is 10.8. The Balaban J connectivity index is 3.06. The van der Waals surface area contributed by atoms with E-state index in [1.54, 1.807) is 6.92 Å². The molecule has 0 aliphatic heterocycles. The molecule has 0 bridgehead atoms. The van der Waals surface area contributed by atoms with Crippen molar-refractivity contribution in [1.82, 2.24) is 0 Å². The normalized spacial score (nSPS) is 11.4. The van der Waals surface area contributed by atoms with Gasteiger partial charge in [-0.2, -0.15) is 0 Å². The van der Waals surface area contributed by atoms with E-state index in [9.17, 15) is 4.79 Å². The lowest BCUT2D eigenvalue weighted by molar-refractivity contribution is -0.117. The first-order chi connectivity index (χ1) is 10.8. The third kappa shape index (κ3) is 19.4. The molecule has 0 spiro atoms. The van der Waals surface area contributed by atoms with E-state index in [1.807, 2.05) is 0 Å². The molecule has 0 aromatic rings. The van der Waals surface area contributed by atoms with Gasteiger partial charge in [-0.15, -0.1) is 0 Å². The molecule has 22 heavy (non-hydrogen) atoms. The summed E-state index contributed by atoms with van der Waals surface area (Å²) in [5.41, 5.74) is 0. The van der Waals surface area contributed by atoms with Gasteiger partial charge >= 0.3 is 0 Å². The summed E-state index contributed by atoms with van der Waals surface area (Å²) in [6.45, 7) is 3.97. The Morgan fingerprint density at radius 2 is 1.05 bits per heavy atom. The molecule has 0 aliphatic rings. The first-order valence-corrected chi connectivity index (χ1v) is 9.91. The van der Waals surface area contributed by atoms with Crippen molar-refractivity contribution < 1.29 is 4.79 Å². The smallest absolute Gasteiger partial charge is 0.129 e. The van der Waals surface area contributed by atoms with Crippen molar-refractivity contribution in [2.24, 2.45) is 0 Å². The fourth-order valence-electron chi connectivity index (χ4n) is 2.80. The number of carbonyl (C=O) groups is 1. The quantitative estimate of drug-likeness (QED) is 0.202. The first kappa shape index (κ1) is 21.4. The Morgan fingerprint density at radius 3 is 1.50 bits per heavy atom. The maximum absolute atomic E-state index is 10.8. The van der Waals surface area contributed by atoms with Gasteiger partial charge in [0.25, 0.3) is 0 Å². The highest BCUT2D eigenvalue weighted by atomic mass is 16.1. The summed E-state index contributed by atoms with van der Waals surface area (Å²) < 4.78 is 0. The van der Waals surface area contributed by atoms with E-state index in [0.29, 0.717) is 5.78 Å². The number of allylic oxidation sites excluding steroid dienone is 2. The minimum atomic E-state index is 0.341. The van der Waals surface area contributed by atoms with Gasteiger partial charge in [-0.25, -0.2) is 0 Å². The molecule has 0 rings (SSSR count). The van der Waals surface area contributed by atoms with E-state index < -0.39 is 0 Å². The molecule has 0 amide bonds. The van der Waals surface area contributed by atoms with E-state index >= 15 is 0 Å². The summed E-state index contributed by atoms with van der Waals surface area (Å²) in [5, 5.41) is 0. The lowest BCUT2D eigenvalue weighted by atomic mass is 10.1. The minimum absolute atomic E-state index is 0.341. The molecule has 0 atom stereocenters. The molecule has 0 aliphatic carbocycles. The molecule has 0 saturated heterocycles. The Morgan fingerprint density at radius 1 is 0.636 bits per heavy atom. The number of Topliss-reactive ketones (excluding diaryl/α,β-unsaturated/α-hetero) is 1. The molecule has 1 heteroatoms. The van der Waals surface area contributed by atoms with Gasteiger partial charge < -0.3 is 4.79 Å². The van der Waals surface area contributed by atoms with Gasteiger partial charge in [-0.3, -0.25) is 0 Å². The predicted molar refractivity (Wildman–Crippen MR) is 99.4 cm³/mol. The van der Waals surface area contributed by atoms with Gasteiger partial charge in [-0.1, -0.05) is 83.3 Å². The van der Waals surface area contributed by atoms with Crippen LogP contribution < -0.4 is 0 Å². The van der Waals surface area contributed by atoms with E-state index in [0.717, 1.165) is 12.8 Å². The average molecular weight is 309 g/mol. The highest BCUT2D eigenvalue weighted by Crippen LogP contribution is 2.11. The molecule has 0 heterocycles. The highest BCUT2D eigenvalue weighted by molar-refractivity contribution is 5.75. The lowest BCUT2D eigenvalue weighted by Gasteiger charge is -2.00. The second-order valence-electron chi connectivity index (χ2n) is 6.74. The molecular weight excluding hydrogens is 268 g/mol. The van der Waals surface area contributed by atoms with Gasteiger partial charge in [0, 0.05) is 6.42 Å². The summed E-state index contributed by atoms with van der Waals surface area (Å²) in [4.78, 5) is 10.8. The van der Waals surface area contributed by atoms with Crippen molar-refractivity contribution in [3.05, 3.63) is 12.2 Å². The van der Waals surface area contributed by atoms with Crippen molar-refractivity contribution in [3.8, 4) is 0 Å². The minimum Gasteiger partial charge on any atom is -0.300 e. The SMILES string of the molecule is CCCCCCCCC=CCCCCCCCCCC(C)=O. The number of unbranched alkanes of at least 4 members (excludes halogenated alkanes) is 13. The molecule has 0 aromatic carbocycles. The van der Waals surface area contributed by atoms with Crippen LogP contribution in [0.25, 0.3) is 0 Å². The van der Waals surface area contributed by atoms with E-state index in [1.165, 1.54) is 89.9 Å². The van der Waals surface area contributed by atoms with E-state index in [2.05, 4.69) is 19.1 Å². The average Bonchev–Trinajstić information content (AvgIpc) is 2.50. The number of hydrogen-bond donors (Lipinski definition) is 0. The van der Waals surface area contributed by atoms with Crippen LogP contribution >= 0.6 is 0 Å². The van der Waals surface area contributed by atoms with Crippen LogP contribution in [-0.2, 0) is 4.79 Å². The number of carbonyl (C=O) groups excluding carboxylic acids is 1. The lowest BCUT2D eigenvalue weighted by Crippen LogP contribution is -1.89. The Hall–Kier alpha value is -0.590. The Kier molecular flexibility index (Phi) is 18.0. The zero-order valence-electron chi connectivity index (χ0n) is 15.4. The summed E-state index contributed by atoms with van der Waals surface area (Å²) in [7, 11) is 0. The van der Waals surface area contributed by atoms with Gasteiger partial charge in [0.15, 0.2) is 0 Å². The molecular formula is C21H40O. The topological polar surface area (TPSA) is 17.1 Å².